The highest BCUT2D eigenvalue weighted by Gasteiger charge is 2.47. The molecule has 162 valence electrons. The summed E-state index contributed by atoms with van der Waals surface area (Å²) in [5.74, 6) is -1.70. The zero-order chi connectivity index (χ0) is 22.9. The lowest BCUT2D eigenvalue weighted by molar-refractivity contribution is -0.122. The Balaban J connectivity index is 1.72. The predicted octanol–water partition coefficient (Wildman–Crippen LogP) is 3.28. The second-order valence-corrected chi connectivity index (χ2v) is 10.1. The molecule has 0 N–H and O–H groups in total. The molecule has 1 unspecified atom stereocenters. The first-order valence-electron chi connectivity index (χ1n) is 9.48. The smallest absolute Gasteiger partial charge is 0.253 e. The first kappa shape index (κ1) is 21.8. The first-order chi connectivity index (χ1) is 15.3. The highest BCUT2D eigenvalue weighted by Crippen LogP contribution is 2.32. The maximum atomic E-state index is 13.4. The average Bonchev–Trinajstić information content (AvgIpc) is 3.42. The van der Waals surface area contributed by atoms with Gasteiger partial charge in [0.15, 0.2) is 0 Å². The van der Waals surface area contributed by atoms with Gasteiger partial charge in [-0.25, -0.2) is 17.7 Å². The van der Waals surface area contributed by atoms with E-state index in [1.54, 1.807) is 11.4 Å². The van der Waals surface area contributed by atoms with Crippen LogP contribution in [0.15, 0.2) is 70.3 Å². The first-order valence-corrected chi connectivity index (χ1v) is 11.8. The van der Waals surface area contributed by atoms with Crippen molar-refractivity contribution in [1.29, 1.82) is 5.26 Å². The van der Waals surface area contributed by atoms with Crippen molar-refractivity contribution in [1.82, 2.24) is 4.31 Å². The molecular weight excluding hydrogens is 453 g/mol. The topological polar surface area (TPSA) is 98.5 Å². The molecule has 4 rings (SSSR count). The van der Waals surface area contributed by atoms with Gasteiger partial charge >= 0.3 is 0 Å². The van der Waals surface area contributed by atoms with Crippen LogP contribution in [0.5, 0.6) is 0 Å². The maximum Gasteiger partial charge on any atom is 0.253 e. The zero-order valence-electron chi connectivity index (χ0n) is 16.5. The van der Waals surface area contributed by atoms with Crippen LogP contribution in [-0.4, -0.2) is 30.6 Å². The highest BCUT2D eigenvalue weighted by molar-refractivity contribution is 7.91. The number of nitriles is 1. The summed E-state index contributed by atoms with van der Waals surface area (Å²) >= 11 is 1.00. The molecule has 1 saturated heterocycles. The Bertz CT molecular complexity index is 1300. The molecule has 0 radical (unpaired) electrons. The Hall–Kier alpha value is -3.39. The summed E-state index contributed by atoms with van der Waals surface area (Å²) in [6, 6.07) is 14.9. The molecular formula is C22H16FN3O4S2. The van der Waals surface area contributed by atoms with Crippen molar-refractivity contribution < 1.29 is 22.4 Å². The molecule has 1 aromatic heterocycles. The van der Waals surface area contributed by atoms with Gasteiger partial charge in [-0.1, -0.05) is 18.2 Å². The molecule has 1 atom stereocenters. The summed E-state index contributed by atoms with van der Waals surface area (Å²) in [6.45, 7) is -0.203. The van der Waals surface area contributed by atoms with E-state index in [0.29, 0.717) is 11.1 Å². The Kier molecular flexibility index (Phi) is 5.88. The molecule has 2 aromatic carbocycles. The lowest BCUT2D eigenvalue weighted by atomic mass is 10.2. The Morgan fingerprint density at radius 2 is 1.78 bits per heavy atom. The summed E-state index contributed by atoms with van der Waals surface area (Å²) < 4.78 is 41.1. The zero-order valence-corrected chi connectivity index (χ0v) is 18.1. The summed E-state index contributed by atoms with van der Waals surface area (Å²) in [5, 5.41) is 10.6. The fraction of sp³-hybridized carbons (Fsp3) is 0.136. The number of nitrogens with zero attached hydrogens (tertiary/aromatic N) is 3. The molecule has 0 saturated carbocycles. The predicted molar refractivity (Wildman–Crippen MR) is 116 cm³/mol. The number of imide groups is 1. The third-order valence-corrected chi connectivity index (χ3v) is 8.26. The van der Waals surface area contributed by atoms with E-state index in [-0.39, 0.29) is 22.9 Å². The summed E-state index contributed by atoms with van der Waals surface area (Å²) in [4.78, 5) is 26.9. The quantitative estimate of drug-likeness (QED) is 0.516. The van der Waals surface area contributed by atoms with Gasteiger partial charge in [0.1, 0.15) is 16.1 Å². The van der Waals surface area contributed by atoms with Crippen molar-refractivity contribution >= 4 is 38.9 Å². The molecule has 3 aromatic rings. The van der Waals surface area contributed by atoms with E-state index in [9.17, 15) is 22.4 Å². The van der Waals surface area contributed by atoms with Crippen LogP contribution >= 0.6 is 11.3 Å². The second kappa shape index (κ2) is 8.63. The van der Waals surface area contributed by atoms with E-state index in [0.717, 1.165) is 20.5 Å². The SMILES string of the molecule is N#Cc1ccc(N2C(=O)CC(N(Cc3ccc(F)cc3)S(=O)(=O)c3cccs3)C2=O)cc1. The number of carbonyl (C=O) groups excluding carboxylic acids is 2. The van der Waals surface area contributed by atoms with E-state index in [4.69, 9.17) is 5.26 Å². The molecule has 2 heterocycles. The van der Waals surface area contributed by atoms with Gasteiger partial charge in [0, 0.05) is 6.54 Å². The normalized spacial score (nSPS) is 16.5. The molecule has 10 heteroatoms. The van der Waals surface area contributed by atoms with Crippen LogP contribution in [0.25, 0.3) is 0 Å². The van der Waals surface area contributed by atoms with Gasteiger partial charge in [-0.3, -0.25) is 9.59 Å². The van der Waals surface area contributed by atoms with Gasteiger partial charge in [0.2, 0.25) is 5.91 Å². The van der Waals surface area contributed by atoms with E-state index < -0.39 is 33.7 Å². The minimum atomic E-state index is -4.11. The summed E-state index contributed by atoms with van der Waals surface area (Å²) in [6.07, 6.45) is -0.329. The fourth-order valence-electron chi connectivity index (χ4n) is 3.46. The fourth-order valence-corrected chi connectivity index (χ4v) is 6.14. The number of benzene rings is 2. The van der Waals surface area contributed by atoms with Crippen LogP contribution in [0.2, 0.25) is 0 Å². The van der Waals surface area contributed by atoms with E-state index in [2.05, 4.69) is 0 Å². The Morgan fingerprint density at radius 1 is 1.09 bits per heavy atom. The number of halogens is 1. The van der Waals surface area contributed by atoms with Crippen molar-refractivity contribution in [2.75, 3.05) is 4.90 Å². The van der Waals surface area contributed by atoms with Gasteiger partial charge in [0.05, 0.1) is 23.7 Å². The van der Waals surface area contributed by atoms with Crippen LogP contribution in [0.3, 0.4) is 0 Å². The number of hydrogen-bond acceptors (Lipinski definition) is 6. The largest absolute Gasteiger partial charge is 0.274 e. The third kappa shape index (κ3) is 4.05. The number of carbonyl (C=O) groups is 2. The standard InChI is InChI=1S/C22H16FN3O4S2/c23-17-7-3-16(4-8-17)14-25(32(29,30)21-2-1-11-31-21)19-12-20(27)26(22(19)28)18-9-5-15(13-24)6-10-18/h1-11,19H,12,14H2. The van der Waals surface area contributed by atoms with Crippen LogP contribution in [-0.2, 0) is 26.2 Å². The van der Waals surface area contributed by atoms with Crippen LogP contribution < -0.4 is 4.90 Å². The van der Waals surface area contributed by atoms with E-state index in [1.165, 1.54) is 54.6 Å². The number of sulfonamides is 1. The van der Waals surface area contributed by atoms with Gasteiger partial charge in [-0.2, -0.15) is 9.57 Å². The van der Waals surface area contributed by atoms with E-state index >= 15 is 0 Å². The highest BCUT2D eigenvalue weighted by atomic mass is 32.2. The van der Waals surface area contributed by atoms with Crippen molar-refractivity contribution in [2.45, 2.75) is 23.2 Å². The molecule has 32 heavy (non-hydrogen) atoms. The Labute approximate surface area is 188 Å². The van der Waals surface area contributed by atoms with Gasteiger partial charge < -0.3 is 0 Å². The van der Waals surface area contributed by atoms with Crippen molar-refractivity contribution in [3.63, 3.8) is 0 Å². The average molecular weight is 470 g/mol. The minimum absolute atomic E-state index is 0.0386. The molecule has 1 aliphatic heterocycles. The number of amides is 2. The number of hydrogen-bond donors (Lipinski definition) is 0. The van der Waals surface area contributed by atoms with Crippen LogP contribution in [0.4, 0.5) is 10.1 Å². The van der Waals surface area contributed by atoms with Gasteiger partial charge in [-0.15, -0.1) is 11.3 Å². The summed E-state index contributed by atoms with van der Waals surface area (Å²) in [7, 11) is -4.11. The van der Waals surface area contributed by atoms with Crippen molar-refractivity contribution in [2.24, 2.45) is 0 Å². The number of rotatable bonds is 6. The summed E-state index contributed by atoms with van der Waals surface area (Å²) in [5.41, 5.74) is 1.10. The molecule has 0 bridgehead atoms. The lowest BCUT2D eigenvalue weighted by Gasteiger charge is -2.26. The molecule has 7 nitrogen and oxygen atoms in total. The minimum Gasteiger partial charge on any atom is -0.274 e. The van der Waals surface area contributed by atoms with Gasteiger partial charge in [-0.05, 0) is 53.4 Å². The second-order valence-electron chi connectivity index (χ2n) is 7.05. The number of anilines is 1. The maximum absolute atomic E-state index is 13.4. The number of thiophene rings is 1. The molecule has 0 spiro atoms. The molecule has 1 fully saturated rings. The lowest BCUT2D eigenvalue weighted by Crippen LogP contribution is -2.44. The van der Waals surface area contributed by atoms with E-state index in [1.807, 2.05) is 6.07 Å². The van der Waals surface area contributed by atoms with Crippen molar-refractivity contribution in [3.8, 4) is 6.07 Å². The Morgan fingerprint density at radius 3 is 2.38 bits per heavy atom. The molecule has 2 amide bonds. The van der Waals surface area contributed by atoms with Gasteiger partial charge in [0.25, 0.3) is 15.9 Å². The molecule has 1 aliphatic rings. The van der Waals surface area contributed by atoms with Crippen LogP contribution in [0, 0.1) is 17.1 Å². The van der Waals surface area contributed by atoms with Crippen molar-refractivity contribution in [3.05, 3.63) is 83.0 Å². The van der Waals surface area contributed by atoms with Crippen LogP contribution in [0.1, 0.15) is 17.5 Å². The monoisotopic (exact) mass is 469 g/mol. The third-order valence-electron chi connectivity index (χ3n) is 5.03. The molecule has 0 aliphatic carbocycles.